The summed E-state index contributed by atoms with van der Waals surface area (Å²) in [5.74, 6) is 0. The van der Waals surface area contributed by atoms with Crippen LogP contribution in [0.4, 0.5) is 0 Å². The van der Waals surface area contributed by atoms with Crippen molar-refractivity contribution in [2.75, 3.05) is 13.1 Å². The van der Waals surface area contributed by atoms with Crippen LogP contribution in [0.3, 0.4) is 0 Å². The van der Waals surface area contributed by atoms with E-state index < -0.39 is 5.60 Å². The highest BCUT2D eigenvalue weighted by atomic mass is 32.1. The third-order valence-electron chi connectivity index (χ3n) is 2.83. The quantitative estimate of drug-likeness (QED) is 0.927. The number of likely N-dealkylation sites (tertiary alicyclic amines) is 1. The van der Waals surface area contributed by atoms with E-state index in [4.69, 9.17) is 0 Å². The molecule has 0 atom stereocenters. The Morgan fingerprint density at radius 3 is 2.94 bits per heavy atom. The molecule has 1 aliphatic rings. The van der Waals surface area contributed by atoms with E-state index >= 15 is 0 Å². The van der Waals surface area contributed by atoms with Gasteiger partial charge >= 0.3 is 0 Å². The maximum atomic E-state index is 9.66. The zero-order valence-corrected chi connectivity index (χ0v) is 11.2. The number of rotatable bonds is 3. The Labute approximate surface area is 108 Å². The minimum atomic E-state index is -0.494. The molecule has 0 aliphatic carbocycles. The smallest absolute Gasteiger partial charge is 0.124 e. The number of aromatic nitrogens is 1. The van der Waals surface area contributed by atoms with Gasteiger partial charge in [-0.05, 0) is 18.4 Å². The largest absolute Gasteiger partial charge is 0.388 e. The second-order valence-corrected chi connectivity index (χ2v) is 6.44. The van der Waals surface area contributed by atoms with Gasteiger partial charge in [0.25, 0.3) is 0 Å². The van der Waals surface area contributed by atoms with E-state index in [1.165, 1.54) is 5.56 Å². The summed E-state index contributed by atoms with van der Waals surface area (Å²) >= 11 is 3.39. The molecule has 0 spiro atoms. The van der Waals surface area contributed by atoms with Crippen molar-refractivity contribution < 1.29 is 5.11 Å². The fourth-order valence-electron chi connectivity index (χ4n) is 2.16. The molecule has 0 saturated carbocycles. The summed E-state index contributed by atoms with van der Waals surface area (Å²) in [7, 11) is 0. The van der Waals surface area contributed by atoms with Crippen molar-refractivity contribution in [3.8, 4) is 10.6 Å². The molecular weight excluding hydrogens is 252 g/mol. The lowest BCUT2D eigenvalue weighted by atomic mass is 9.97. The summed E-state index contributed by atoms with van der Waals surface area (Å²) in [4.78, 5) is 6.84. The molecule has 0 radical (unpaired) electrons. The first-order valence-electron chi connectivity index (χ1n) is 5.54. The van der Waals surface area contributed by atoms with Crippen LogP contribution in [-0.2, 0) is 6.54 Å². The van der Waals surface area contributed by atoms with Crippen molar-refractivity contribution in [3.63, 3.8) is 0 Å². The molecule has 1 fully saturated rings. The first-order chi connectivity index (χ1) is 8.12. The number of thiophene rings is 1. The first-order valence-corrected chi connectivity index (χ1v) is 7.36. The molecule has 3 nitrogen and oxygen atoms in total. The molecule has 1 N–H and O–H groups in total. The van der Waals surface area contributed by atoms with E-state index in [0.29, 0.717) is 0 Å². The predicted molar refractivity (Wildman–Crippen MR) is 71.3 cm³/mol. The van der Waals surface area contributed by atoms with Crippen molar-refractivity contribution in [2.24, 2.45) is 0 Å². The first kappa shape index (κ1) is 11.3. The fraction of sp³-hybridized carbons (Fsp3) is 0.417. The molecule has 2 aromatic heterocycles. The fourth-order valence-corrected chi connectivity index (χ4v) is 3.68. The minimum Gasteiger partial charge on any atom is -0.388 e. The van der Waals surface area contributed by atoms with E-state index in [1.807, 2.05) is 6.92 Å². The zero-order valence-electron chi connectivity index (χ0n) is 9.59. The highest BCUT2D eigenvalue weighted by Gasteiger charge is 2.36. The van der Waals surface area contributed by atoms with Crippen LogP contribution in [0.5, 0.6) is 0 Å². The number of β-amino-alcohol motifs (C(OH)–C–C–N with tert-alkyl or cyclic N) is 1. The van der Waals surface area contributed by atoms with Crippen LogP contribution in [-0.4, -0.2) is 33.7 Å². The van der Waals surface area contributed by atoms with Crippen LogP contribution < -0.4 is 0 Å². The predicted octanol–water partition coefficient (Wildman–Crippen LogP) is 2.44. The Balaban J connectivity index is 1.66. The van der Waals surface area contributed by atoms with Gasteiger partial charge in [-0.2, -0.15) is 11.3 Å². The van der Waals surface area contributed by atoms with Crippen LogP contribution in [0.1, 0.15) is 12.6 Å². The normalized spacial score (nSPS) is 19.2. The monoisotopic (exact) mass is 266 g/mol. The Morgan fingerprint density at radius 2 is 2.29 bits per heavy atom. The molecule has 3 heterocycles. The Morgan fingerprint density at radius 1 is 1.47 bits per heavy atom. The Bertz CT molecular complexity index is 496. The molecule has 17 heavy (non-hydrogen) atoms. The maximum Gasteiger partial charge on any atom is 0.124 e. The molecule has 1 saturated heterocycles. The SMILES string of the molecule is CC1(O)CN(Cc2csc(-c3ccsc3)n2)C1. The average molecular weight is 266 g/mol. The van der Waals surface area contributed by atoms with Gasteiger partial charge in [0, 0.05) is 36.0 Å². The van der Waals surface area contributed by atoms with E-state index in [9.17, 15) is 5.11 Å². The summed E-state index contributed by atoms with van der Waals surface area (Å²) in [6, 6.07) is 2.10. The molecule has 90 valence electrons. The van der Waals surface area contributed by atoms with E-state index in [2.05, 4.69) is 32.1 Å². The molecule has 0 amide bonds. The van der Waals surface area contributed by atoms with E-state index in [1.54, 1.807) is 22.7 Å². The summed E-state index contributed by atoms with van der Waals surface area (Å²) in [6.07, 6.45) is 0. The van der Waals surface area contributed by atoms with Crippen molar-refractivity contribution in [2.45, 2.75) is 19.1 Å². The van der Waals surface area contributed by atoms with Crippen molar-refractivity contribution in [1.29, 1.82) is 0 Å². The Hall–Kier alpha value is -0.750. The van der Waals surface area contributed by atoms with Crippen molar-refractivity contribution in [1.82, 2.24) is 9.88 Å². The lowest BCUT2D eigenvalue weighted by Gasteiger charge is -2.43. The number of nitrogens with zero attached hydrogens (tertiary/aromatic N) is 2. The molecule has 2 aromatic rings. The number of thiazole rings is 1. The molecule has 0 unspecified atom stereocenters. The van der Waals surface area contributed by atoms with Gasteiger partial charge in [-0.3, -0.25) is 4.90 Å². The third-order valence-corrected chi connectivity index (χ3v) is 4.46. The standard InChI is InChI=1S/C12H14N2OS2/c1-12(15)7-14(8-12)4-10-6-17-11(13-10)9-2-3-16-5-9/h2-3,5-6,15H,4,7-8H2,1H3. The van der Waals surface area contributed by atoms with Gasteiger partial charge in [0.05, 0.1) is 11.3 Å². The summed E-state index contributed by atoms with van der Waals surface area (Å²) < 4.78 is 0. The number of hydrogen-bond acceptors (Lipinski definition) is 5. The number of aliphatic hydroxyl groups is 1. The third kappa shape index (κ3) is 2.42. The van der Waals surface area contributed by atoms with Gasteiger partial charge < -0.3 is 5.11 Å². The topological polar surface area (TPSA) is 36.4 Å². The molecule has 5 heteroatoms. The molecular formula is C12H14N2OS2. The van der Waals surface area contributed by atoms with Crippen LogP contribution >= 0.6 is 22.7 Å². The molecule has 1 aliphatic heterocycles. The number of hydrogen-bond donors (Lipinski definition) is 1. The van der Waals surface area contributed by atoms with E-state index in [0.717, 1.165) is 30.3 Å². The lowest BCUT2D eigenvalue weighted by molar-refractivity contribution is -0.0874. The van der Waals surface area contributed by atoms with Gasteiger partial charge in [0.15, 0.2) is 0 Å². The summed E-state index contributed by atoms with van der Waals surface area (Å²) in [5, 5.41) is 17.1. The second kappa shape index (κ2) is 4.17. The summed E-state index contributed by atoms with van der Waals surface area (Å²) in [5.41, 5.74) is 1.82. The minimum absolute atomic E-state index is 0.494. The Kier molecular flexibility index (Phi) is 2.78. The van der Waals surface area contributed by atoms with E-state index in [-0.39, 0.29) is 0 Å². The van der Waals surface area contributed by atoms with Crippen LogP contribution in [0.15, 0.2) is 22.2 Å². The zero-order chi connectivity index (χ0) is 11.9. The summed E-state index contributed by atoms with van der Waals surface area (Å²) in [6.45, 7) is 4.22. The van der Waals surface area contributed by atoms with Gasteiger partial charge in [0.2, 0.25) is 0 Å². The highest BCUT2D eigenvalue weighted by molar-refractivity contribution is 7.14. The van der Waals surface area contributed by atoms with Gasteiger partial charge in [0.1, 0.15) is 5.01 Å². The molecule has 0 aromatic carbocycles. The average Bonchev–Trinajstić information content (AvgIpc) is 2.82. The van der Waals surface area contributed by atoms with Gasteiger partial charge in [-0.1, -0.05) is 0 Å². The highest BCUT2D eigenvalue weighted by Crippen LogP contribution is 2.27. The van der Waals surface area contributed by atoms with Crippen molar-refractivity contribution >= 4 is 22.7 Å². The lowest BCUT2D eigenvalue weighted by Crippen LogP contribution is -2.59. The van der Waals surface area contributed by atoms with Crippen LogP contribution in [0, 0.1) is 0 Å². The van der Waals surface area contributed by atoms with Crippen LogP contribution in [0.25, 0.3) is 10.6 Å². The maximum absolute atomic E-state index is 9.66. The van der Waals surface area contributed by atoms with Crippen LogP contribution in [0.2, 0.25) is 0 Å². The van der Waals surface area contributed by atoms with Crippen molar-refractivity contribution in [3.05, 3.63) is 27.9 Å². The molecule has 0 bridgehead atoms. The van der Waals surface area contributed by atoms with Gasteiger partial charge in [-0.15, -0.1) is 11.3 Å². The second-order valence-electron chi connectivity index (χ2n) is 4.80. The molecule has 3 rings (SSSR count). The van der Waals surface area contributed by atoms with Gasteiger partial charge in [-0.25, -0.2) is 4.98 Å².